The molecule has 27 heavy (non-hydrogen) atoms. The van der Waals surface area contributed by atoms with Crippen molar-refractivity contribution >= 4 is 44.9 Å². The molecule has 0 aliphatic carbocycles. The second kappa shape index (κ2) is 12.1. The Labute approximate surface area is 177 Å². The minimum Gasteiger partial charge on any atom is -0.350 e. The largest absolute Gasteiger partial charge is 0.350 e. The average molecular weight is 411 g/mol. The quantitative estimate of drug-likeness (QED) is 0.727. The Hall–Kier alpha value is -1.40. The zero-order chi connectivity index (χ0) is 18.4. The van der Waals surface area contributed by atoms with Crippen LogP contribution in [0.5, 0.6) is 0 Å². The summed E-state index contributed by atoms with van der Waals surface area (Å²) in [6, 6.07) is 9.40. The lowest BCUT2D eigenvalue weighted by Gasteiger charge is -2.40. The normalized spacial score (nSPS) is 19.6. The Balaban J connectivity index is 0.00000338. The molecule has 1 aromatic rings. The average Bonchev–Trinajstić information content (AvgIpc) is 2.55. The first-order valence-corrected chi connectivity index (χ1v) is 9.21. The molecule has 2 rings (SSSR count). The van der Waals surface area contributed by atoms with Crippen molar-refractivity contribution in [2.75, 3.05) is 6.54 Å². The van der Waals surface area contributed by atoms with E-state index < -0.39 is 0 Å². The van der Waals surface area contributed by atoms with Crippen LogP contribution in [-0.4, -0.2) is 35.3 Å². The first-order chi connectivity index (χ1) is 11.9. The monoisotopic (exact) mass is 410 g/mol. The van der Waals surface area contributed by atoms with Crippen LogP contribution in [-0.2, 0) is 9.59 Å². The van der Waals surface area contributed by atoms with E-state index in [1.165, 1.54) is 0 Å². The van der Waals surface area contributed by atoms with Gasteiger partial charge in [-0.25, -0.2) is 0 Å². The molecule has 2 atom stereocenters. The summed E-state index contributed by atoms with van der Waals surface area (Å²) in [6.07, 6.45) is 4.98. The molecule has 6 heteroatoms. The van der Waals surface area contributed by atoms with Crippen molar-refractivity contribution in [1.29, 1.82) is 0 Å². The summed E-state index contributed by atoms with van der Waals surface area (Å²) in [5.41, 5.74) is 0.983. The van der Waals surface area contributed by atoms with Gasteiger partial charge in [0.2, 0.25) is 11.8 Å². The van der Waals surface area contributed by atoms with E-state index in [0.717, 1.165) is 12.0 Å². The molecule has 1 aliphatic heterocycles. The number of carbonyl (C=O) groups excluding carboxylic acids is 2. The fourth-order valence-corrected chi connectivity index (χ4v) is 3.30. The predicted molar refractivity (Wildman–Crippen MR) is 123 cm³/mol. The van der Waals surface area contributed by atoms with Crippen LogP contribution >= 0.6 is 27.0 Å². The van der Waals surface area contributed by atoms with Crippen molar-refractivity contribution in [3.8, 4) is 0 Å². The maximum Gasteiger partial charge on any atom is 0.247 e. The second-order valence-electron chi connectivity index (χ2n) is 7.72. The number of amides is 2. The molecule has 0 unspecified atom stereocenters. The third kappa shape index (κ3) is 8.01. The minimum absolute atomic E-state index is 0. The van der Waals surface area contributed by atoms with Crippen LogP contribution in [0.4, 0.5) is 0 Å². The van der Waals surface area contributed by atoms with Gasteiger partial charge in [-0.15, -0.1) is 0 Å². The minimum atomic E-state index is -0.378. The summed E-state index contributed by atoms with van der Waals surface area (Å²) in [6.45, 7) is 9.01. The summed E-state index contributed by atoms with van der Waals surface area (Å²) in [7, 11) is 0. The van der Waals surface area contributed by atoms with Crippen molar-refractivity contribution in [1.82, 2.24) is 10.2 Å². The molecule has 2 amide bonds. The molecule has 152 valence electrons. The van der Waals surface area contributed by atoms with E-state index in [1.54, 1.807) is 11.0 Å². The Morgan fingerprint density at radius 1 is 1.11 bits per heavy atom. The zero-order valence-electron chi connectivity index (χ0n) is 16.7. The maximum atomic E-state index is 12.8. The summed E-state index contributed by atoms with van der Waals surface area (Å²) in [4.78, 5) is 27.1. The van der Waals surface area contributed by atoms with Gasteiger partial charge in [-0.2, -0.15) is 27.0 Å². The van der Waals surface area contributed by atoms with Crippen LogP contribution in [0.25, 0.3) is 6.08 Å². The highest BCUT2D eigenvalue weighted by molar-refractivity contribution is 7.59. The summed E-state index contributed by atoms with van der Waals surface area (Å²) in [5, 5.41) is 3.10. The summed E-state index contributed by atoms with van der Waals surface area (Å²) < 4.78 is 0. The lowest BCUT2D eigenvalue weighted by molar-refractivity contribution is -0.142. The fraction of sp³-hybridized carbons (Fsp3) is 0.524. The van der Waals surface area contributed by atoms with Crippen LogP contribution in [0.2, 0.25) is 0 Å². The zero-order valence-corrected chi connectivity index (χ0v) is 18.7. The van der Waals surface area contributed by atoms with Crippen molar-refractivity contribution in [2.45, 2.75) is 52.6 Å². The van der Waals surface area contributed by atoms with Gasteiger partial charge < -0.3 is 10.2 Å². The number of carbonyl (C=O) groups is 2. The Morgan fingerprint density at radius 3 is 2.26 bits per heavy atom. The van der Waals surface area contributed by atoms with Crippen molar-refractivity contribution < 1.29 is 9.59 Å². The highest BCUT2D eigenvalue weighted by atomic mass is 32.1. The van der Waals surface area contributed by atoms with Gasteiger partial charge >= 0.3 is 0 Å². The highest BCUT2D eigenvalue weighted by Gasteiger charge is 2.36. The summed E-state index contributed by atoms with van der Waals surface area (Å²) in [5.74, 6) is 0.722. The van der Waals surface area contributed by atoms with Gasteiger partial charge in [-0.1, -0.05) is 58.0 Å². The number of hydrogen-bond acceptors (Lipinski definition) is 2. The van der Waals surface area contributed by atoms with Gasteiger partial charge in [-0.05, 0) is 36.3 Å². The standard InChI is InChI=1S/C21H30N2O2.2H2S/c1-15(2)12-18-14-23(19(13-16(3)4)21(25)22-18)20(24)11-10-17-8-6-5-7-9-17;;/h5-11,15-16,18-19H,12-14H2,1-4H3,(H,22,25);2*1H2/b11-10+;;/t18-,19-;;/m0../s1. The molecular formula is C21H34N2O2S2. The Bertz CT molecular complexity index is 618. The van der Waals surface area contributed by atoms with E-state index in [0.29, 0.717) is 24.8 Å². The van der Waals surface area contributed by atoms with Crippen LogP contribution in [0.1, 0.15) is 46.1 Å². The third-order valence-electron chi connectivity index (χ3n) is 4.39. The van der Waals surface area contributed by atoms with E-state index in [9.17, 15) is 9.59 Å². The molecular weight excluding hydrogens is 376 g/mol. The number of piperazine rings is 1. The van der Waals surface area contributed by atoms with E-state index in [4.69, 9.17) is 0 Å². The molecule has 0 aromatic heterocycles. The first kappa shape index (κ1) is 25.6. The molecule has 1 fully saturated rings. The van der Waals surface area contributed by atoms with E-state index >= 15 is 0 Å². The van der Waals surface area contributed by atoms with Crippen LogP contribution in [0, 0.1) is 11.8 Å². The van der Waals surface area contributed by atoms with Gasteiger partial charge in [0.1, 0.15) is 6.04 Å². The molecule has 1 aliphatic rings. The smallest absolute Gasteiger partial charge is 0.247 e. The van der Waals surface area contributed by atoms with Gasteiger partial charge in [0.25, 0.3) is 0 Å². The van der Waals surface area contributed by atoms with E-state index in [-0.39, 0.29) is 50.9 Å². The number of hydrogen-bond donors (Lipinski definition) is 1. The number of nitrogens with zero attached hydrogens (tertiary/aromatic N) is 1. The molecule has 0 spiro atoms. The maximum absolute atomic E-state index is 12.8. The van der Waals surface area contributed by atoms with E-state index in [1.807, 2.05) is 36.4 Å². The lowest BCUT2D eigenvalue weighted by Crippen LogP contribution is -2.61. The Kier molecular flexibility index (Phi) is 11.5. The number of benzene rings is 1. The predicted octanol–water partition coefficient (Wildman–Crippen LogP) is 3.71. The van der Waals surface area contributed by atoms with E-state index in [2.05, 4.69) is 33.0 Å². The highest BCUT2D eigenvalue weighted by Crippen LogP contribution is 2.20. The molecule has 1 N–H and O–H groups in total. The SMILES string of the molecule is CC(C)C[C@H]1CN(C(=O)/C=C/c2ccccc2)[C@@H](CC(C)C)C(=O)N1.S.S. The van der Waals surface area contributed by atoms with Crippen molar-refractivity contribution in [2.24, 2.45) is 11.8 Å². The topological polar surface area (TPSA) is 49.4 Å². The van der Waals surface area contributed by atoms with Gasteiger partial charge in [0.15, 0.2) is 0 Å². The van der Waals surface area contributed by atoms with Crippen molar-refractivity contribution in [3.05, 3.63) is 42.0 Å². The second-order valence-corrected chi connectivity index (χ2v) is 7.72. The van der Waals surface area contributed by atoms with Gasteiger partial charge in [0.05, 0.1) is 0 Å². The van der Waals surface area contributed by atoms with Gasteiger partial charge in [-0.3, -0.25) is 9.59 Å². The molecule has 4 nitrogen and oxygen atoms in total. The third-order valence-corrected chi connectivity index (χ3v) is 4.39. The van der Waals surface area contributed by atoms with Gasteiger partial charge in [0, 0.05) is 18.7 Å². The van der Waals surface area contributed by atoms with Crippen LogP contribution in [0.15, 0.2) is 36.4 Å². The molecule has 0 saturated carbocycles. The fourth-order valence-electron chi connectivity index (χ4n) is 3.30. The molecule has 1 saturated heterocycles. The van der Waals surface area contributed by atoms with Crippen LogP contribution < -0.4 is 5.32 Å². The molecule has 0 bridgehead atoms. The molecule has 1 heterocycles. The van der Waals surface area contributed by atoms with Crippen LogP contribution in [0.3, 0.4) is 0 Å². The first-order valence-electron chi connectivity index (χ1n) is 9.21. The lowest BCUT2D eigenvalue weighted by atomic mass is 9.95. The number of nitrogens with one attached hydrogen (secondary N) is 1. The molecule has 0 radical (unpaired) electrons. The summed E-state index contributed by atoms with van der Waals surface area (Å²) >= 11 is 0. The number of rotatable bonds is 6. The van der Waals surface area contributed by atoms with Crippen molar-refractivity contribution in [3.63, 3.8) is 0 Å². The molecule has 1 aromatic carbocycles. The Morgan fingerprint density at radius 2 is 1.70 bits per heavy atom.